The average molecular weight is 244 g/mol. The molecule has 3 heteroatoms. The molecule has 0 aromatic carbocycles. The Kier molecular flexibility index (Phi) is 3.65. The molecule has 1 aliphatic rings. The van der Waals surface area contributed by atoms with E-state index in [-0.39, 0.29) is 6.04 Å². The molecule has 1 heterocycles. The fourth-order valence-corrected chi connectivity index (χ4v) is 2.92. The van der Waals surface area contributed by atoms with Gasteiger partial charge in [-0.15, -0.1) is 11.3 Å². The van der Waals surface area contributed by atoms with Crippen LogP contribution in [-0.2, 0) is 0 Å². The molecule has 0 radical (unpaired) electrons. The number of rotatable bonds is 3. The first-order valence-corrected chi connectivity index (χ1v) is 6.59. The smallest absolute Gasteiger partial charge is 0.0797 e. The SMILES string of the molecule is C#CNC(C)C1=CCC(c2scnc2C)C=C1. The number of thiazole rings is 1. The fraction of sp³-hybridized carbons (Fsp3) is 0.357. The van der Waals surface area contributed by atoms with Crippen molar-refractivity contribution in [3.05, 3.63) is 39.9 Å². The topological polar surface area (TPSA) is 24.9 Å². The van der Waals surface area contributed by atoms with Gasteiger partial charge in [-0.1, -0.05) is 24.7 Å². The number of aryl methyl sites for hydroxylation is 1. The van der Waals surface area contributed by atoms with Crippen LogP contribution in [0.25, 0.3) is 0 Å². The molecule has 17 heavy (non-hydrogen) atoms. The van der Waals surface area contributed by atoms with Crippen LogP contribution >= 0.6 is 11.3 Å². The Hall–Kier alpha value is -1.53. The fourth-order valence-electron chi connectivity index (χ4n) is 2.03. The van der Waals surface area contributed by atoms with Crippen molar-refractivity contribution in [1.29, 1.82) is 0 Å². The van der Waals surface area contributed by atoms with Crippen molar-refractivity contribution in [2.45, 2.75) is 32.2 Å². The second-order valence-corrected chi connectivity index (χ2v) is 5.10. The van der Waals surface area contributed by atoms with Gasteiger partial charge in [-0.2, -0.15) is 0 Å². The summed E-state index contributed by atoms with van der Waals surface area (Å²) in [7, 11) is 0. The molecule has 1 aliphatic carbocycles. The van der Waals surface area contributed by atoms with Crippen LogP contribution in [0.2, 0.25) is 0 Å². The molecular formula is C14H16N2S. The molecule has 0 bridgehead atoms. The van der Waals surface area contributed by atoms with E-state index in [1.165, 1.54) is 10.5 Å². The average Bonchev–Trinajstić information content (AvgIpc) is 2.76. The van der Waals surface area contributed by atoms with E-state index in [0.717, 1.165) is 12.1 Å². The molecule has 0 aliphatic heterocycles. The zero-order chi connectivity index (χ0) is 12.3. The van der Waals surface area contributed by atoms with Crippen molar-refractivity contribution in [3.8, 4) is 12.5 Å². The van der Waals surface area contributed by atoms with Crippen LogP contribution in [-0.4, -0.2) is 11.0 Å². The maximum Gasteiger partial charge on any atom is 0.0797 e. The van der Waals surface area contributed by atoms with Gasteiger partial charge in [0.2, 0.25) is 0 Å². The van der Waals surface area contributed by atoms with E-state index in [2.05, 4.69) is 48.4 Å². The number of allylic oxidation sites excluding steroid dienone is 2. The predicted molar refractivity (Wildman–Crippen MR) is 72.9 cm³/mol. The summed E-state index contributed by atoms with van der Waals surface area (Å²) in [4.78, 5) is 5.67. The molecule has 0 fully saturated rings. The number of aromatic nitrogens is 1. The summed E-state index contributed by atoms with van der Waals surface area (Å²) in [5, 5.41) is 2.97. The van der Waals surface area contributed by atoms with Gasteiger partial charge < -0.3 is 5.32 Å². The highest BCUT2D eigenvalue weighted by Gasteiger charge is 2.16. The number of hydrogen-bond donors (Lipinski definition) is 1. The minimum atomic E-state index is 0.222. The summed E-state index contributed by atoms with van der Waals surface area (Å²) < 4.78 is 0. The van der Waals surface area contributed by atoms with Crippen molar-refractivity contribution in [2.24, 2.45) is 0 Å². The molecule has 2 nitrogen and oxygen atoms in total. The minimum Gasteiger partial charge on any atom is -0.339 e. The number of terminal acetylenes is 1. The van der Waals surface area contributed by atoms with Gasteiger partial charge in [0.05, 0.1) is 17.2 Å². The van der Waals surface area contributed by atoms with Gasteiger partial charge in [0.1, 0.15) is 0 Å². The summed E-state index contributed by atoms with van der Waals surface area (Å²) >= 11 is 1.74. The van der Waals surface area contributed by atoms with Gasteiger partial charge in [0.25, 0.3) is 0 Å². The van der Waals surface area contributed by atoms with Crippen LogP contribution in [0.15, 0.2) is 29.3 Å². The molecule has 1 aromatic heterocycles. The third kappa shape index (κ3) is 2.59. The molecule has 0 saturated heterocycles. The lowest BCUT2D eigenvalue weighted by molar-refractivity contribution is 0.739. The van der Waals surface area contributed by atoms with E-state index < -0.39 is 0 Å². The van der Waals surface area contributed by atoms with Gasteiger partial charge in [-0.05, 0) is 25.8 Å². The third-order valence-electron chi connectivity index (χ3n) is 3.05. The lowest BCUT2D eigenvalue weighted by Crippen LogP contribution is -2.23. The number of nitrogens with zero attached hydrogens (tertiary/aromatic N) is 1. The van der Waals surface area contributed by atoms with E-state index >= 15 is 0 Å². The predicted octanol–water partition coefficient (Wildman–Crippen LogP) is 2.99. The molecule has 2 rings (SSSR count). The summed E-state index contributed by atoms with van der Waals surface area (Å²) in [6.07, 6.45) is 13.0. The highest BCUT2D eigenvalue weighted by molar-refractivity contribution is 7.09. The Morgan fingerprint density at radius 1 is 1.65 bits per heavy atom. The standard InChI is InChI=1S/C14H16N2S/c1-4-15-10(2)12-5-7-13(8-6-12)14-11(3)16-9-17-14/h1,5-7,9-10,13,15H,8H2,2-3H3. The van der Waals surface area contributed by atoms with Crippen LogP contribution in [0.1, 0.15) is 29.8 Å². The second-order valence-electron chi connectivity index (χ2n) is 4.22. The van der Waals surface area contributed by atoms with Crippen molar-refractivity contribution in [2.75, 3.05) is 0 Å². The van der Waals surface area contributed by atoms with Crippen LogP contribution in [0.4, 0.5) is 0 Å². The molecule has 0 spiro atoms. The summed E-state index contributed by atoms with van der Waals surface area (Å²) in [6, 6.07) is 2.70. The molecule has 0 amide bonds. The zero-order valence-electron chi connectivity index (χ0n) is 10.1. The minimum absolute atomic E-state index is 0.222. The zero-order valence-corrected chi connectivity index (χ0v) is 10.9. The monoisotopic (exact) mass is 244 g/mol. The largest absolute Gasteiger partial charge is 0.339 e. The van der Waals surface area contributed by atoms with E-state index in [4.69, 9.17) is 6.42 Å². The second kappa shape index (κ2) is 5.20. The molecule has 1 aromatic rings. The first-order valence-electron chi connectivity index (χ1n) is 5.71. The van der Waals surface area contributed by atoms with Crippen LogP contribution in [0, 0.1) is 19.4 Å². The Bertz CT molecular complexity index is 491. The highest BCUT2D eigenvalue weighted by atomic mass is 32.1. The van der Waals surface area contributed by atoms with Crippen molar-refractivity contribution < 1.29 is 0 Å². The van der Waals surface area contributed by atoms with Crippen molar-refractivity contribution in [1.82, 2.24) is 10.3 Å². The summed E-state index contributed by atoms with van der Waals surface area (Å²) in [6.45, 7) is 4.15. The summed E-state index contributed by atoms with van der Waals surface area (Å²) in [5.41, 5.74) is 4.33. The highest BCUT2D eigenvalue weighted by Crippen LogP contribution is 2.31. The molecule has 2 atom stereocenters. The lowest BCUT2D eigenvalue weighted by atomic mass is 9.92. The first-order chi connectivity index (χ1) is 8.22. The van der Waals surface area contributed by atoms with E-state index in [0.29, 0.717) is 5.92 Å². The number of nitrogens with one attached hydrogen (secondary N) is 1. The Morgan fingerprint density at radius 2 is 2.47 bits per heavy atom. The number of hydrogen-bond acceptors (Lipinski definition) is 3. The van der Waals surface area contributed by atoms with Crippen LogP contribution in [0.5, 0.6) is 0 Å². The van der Waals surface area contributed by atoms with E-state index in [9.17, 15) is 0 Å². The maximum absolute atomic E-state index is 5.24. The molecule has 1 N–H and O–H groups in total. The van der Waals surface area contributed by atoms with Crippen molar-refractivity contribution >= 4 is 11.3 Å². The molecule has 2 unspecified atom stereocenters. The lowest BCUT2D eigenvalue weighted by Gasteiger charge is -2.19. The molecule has 0 saturated carbocycles. The van der Waals surface area contributed by atoms with Gasteiger partial charge in [0.15, 0.2) is 0 Å². The normalized spacial score (nSPS) is 20.5. The Labute approximate surface area is 106 Å². The maximum atomic E-state index is 5.24. The molecule has 88 valence electrons. The van der Waals surface area contributed by atoms with E-state index in [1.54, 1.807) is 11.3 Å². The Morgan fingerprint density at radius 3 is 3.00 bits per heavy atom. The van der Waals surface area contributed by atoms with Gasteiger partial charge in [-0.25, -0.2) is 4.98 Å². The summed E-state index contributed by atoms with van der Waals surface area (Å²) in [5.74, 6) is 0.476. The van der Waals surface area contributed by atoms with Crippen LogP contribution in [0.3, 0.4) is 0 Å². The van der Waals surface area contributed by atoms with Gasteiger partial charge in [0, 0.05) is 16.8 Å². The molecular weight excluding hydrogens is 228 g/mol. The quantitative estimate of drug-likeness (QED) is 0.653. The Balaban J connectivity index is 2.06. The van der Waals surface area contributed by atoms with Crippen LogP contribution < -0.4 is 5.32 Å². The van der Waals surface area contributed by atoms with Gasteiger partial charge >= 0.3 is 0 Å². The van der Waals surface area contributed by atoms with E-state index in [1.807, 2.05) is 5.51 Å². The van der Waals surface area contributed by atoms with Crippen molar-refractivity contribution in [3.63, 3.8) is 0 Å². The third-order valence-corrected chi connectivity index (χ3v) is 4.11. The van der Waals surface area contributed by atoms with Gasteiger partial charge in [-0.3, -0.25) is 0 Å². The first kappa shape index (κ1) is 11.9.